The van der Waals surface area contributed by atoms with Gasteiger partial charge in [0, 0.05) is 47.4 Å². The standard InChI is InChI=1S/C18H22N2O2.C17H20N2O3.2C2H6.CH4/c1-12-9-10-15(17(22)20(12)18(2,3)4)19-11-13-7-5-6-8-14(13)16(19)21;1-17(2,3)19-14(20)9-8-13(16(19)22)18-10-11-6-4-5-7-12(11)15(18)21;2*1-2;/h5-8,15H,1,9-11H2,2-4H3;4-7,13H,8-10H2,1-3H3;2*1-2H3;1H4. The zero-order chi connectivity index (χ0) is 36.1. The third-order valence-electron chi connectivity index (χ3n) is 8.71. The smallest absolute Gasteiger partial charge is 0.255 e. The maximum atomic E-state index is 12.9. The first-order valence-corrected chi connectivity index (χ1v) is 17.3. The van der Waals surface area contributed by atoms with E-state index >= 15 is 0 Å². The highest BCUT2D eigenvalue weighted by molar-refractivity contribution is 6.06. The first kappa shape index (κ1) is 40.9. The van der Waals surface area contributed by atoms with E-state index in [1.165, 1.54) is 4.90 Å². The summed E-state index contributed by atoms with van der Waals surface area (Å²) in [5, 5.41) is 0. The summed E-state index contributed by atoms with van der Waals surface area (Å²) in [7, 11) is 0. The van der Waals surface area contributed by atoms with Crippen molar-refractivity contribution in [3.8, 4) is 0 Å². The lowest BCUT2D eigenvalue weighted by Gasteiger charge is -2.44. The molecule has 49 heavy (non-hydrogen) atoms. The van der Waals surface area contributed by atoms with Crippen molar-refractivity contribution in [1.29, 1.82) is 0 Å². The quantitative estimate of drug-likeness (QED) is 0.306. The summed E-state index contributed by atoms with van der Waals surface area (Å²) in [4.78, 5) is 69.4. The number of fused-ring (bicyclic) bond motifs is 2. The molecule has 0 saturated carbocycles. The Morgan fingerprint density at radius 1 is 0.592 bits per heavy atom. The van der Waals surface area contributed by atoms with Gasteiger partial charge in [0.15, 0.2) is 0 Å². The Morgan fingerprint density at radius 3 is 1.35 bits per heavy atom. The molecule has 9 heteroatoms. The van der Waals surface area contributed by atoms with Crippen molar-refractivity contribution in [2.45, 2.75) is 139 Å². The largest absolute Gasteiger partial charge is 0.322 e. The number of carbonyl (C=O) groups is 5. The second kappa shape index (κ2) is 16.4. The Morgan fingerprint density at radius 2 is 0.959 bits per heavy atom. The number of allylic oxidation sites excluding steroid dienone is 1. The van der Waals surface area contributed by atoms with Crippen LogP contribution in [0, 0.1) is 0 Å². The van der Waals surface area contributed by atoms with Gasteiger partial charge in [0.05, 0.1) is 0 Å². The molecule has 9 nitrogen and oxygen atoms in total. The van der Waals surface area contributed by atoms with Crippen LogP contribution in [-0.4, -0.2) is 72.3 Å². The number of hydrogen-bond acceptors (Lipinski definition) is 5. The van der Waals surface area contributed by atoms with Gasteiger partial charge in [0.1, 0.15) is 12.1 Å². The van der Waals surface area contributed by atoms with Crippen molar-refractivity contribution in [2.75, 3.05) is 0 Å². The molecule has 2 unspecified atom stereocenters. The lowest BCUT2D eigenvalue weighted by molar-refractivity contribution is -0.158. The first-order chi connectivity index (χ1) is 22.6. The monoisotopic (exact) mass is 674 g/mol. The van der Waals surface area contributed by atoms with E-state index in [1.54, 1.807) is 20.8 Å². The van der Waals surface area contributed by atoms with E-state index in [4.69, 9.17) is 0 Å². The van der Waals surface area contributed by atoms with Gasteiger partial charge in [-0.2, -0.15) is 0 Å². The summed E-state index contributed by atoms with van der Waals surface area (Å²) in [5.41, 5.74) is 3.30. The molecule has 5 amide bonds. The van der Waals surface area contributed by atoms with Crippen LogP contribution in [0.5, 0.6) is 0 Å². The van der Waals surface area contributed by atoms with E-state index in [9.17, 15) is 24.0 Å². The molecule has 0 spiro atoms. The normalized spacial score (nSPS) is 20.3. The molecule has 4 heterocycles. The molecule has 2 fully saturated rings. The summed E-state index contributed by atoms with van der Waals surface area (Å²) < 4.78 is 0. The van der Waals surface area contributed by atoms with E-state index in [1.807, 2.05) is 112 Å². The van der Waals surface area contributed by atoms with Gasteiger partial charge in [-0.1, -0.05) is 78.1 Å². The van der Waals surface area contributed by atoms with Crippen LogP contribution >= 0.6 is 0 Å². The van der Waals surface area contributed by atoms with E-state index in [-0.39, 0.29) is 48.5 Å². The van der Waals surface area contributed by atoms with Crippen LogP contribution in [-0.2, 0) is 27.5 Å². The first-order valence-electron chi connectivity index (χ1n) is 17.3. The van der Waals surface area contributed by atoms with Gasteiger partial charge in [-0.3, -0.25) is 28.9 Å². The topological polar surface area (TPSA) is 98.3 Å². The predicted octanol–water partition coefficient (Wildman–Crippen LogP) is 7.59. The lowest BCUT2D eigenvalue weighted by Crippen LogP contribution is -2.60. The van der Waals surface area contributed by atoms with Crippen molar-refractivity contribution >= 4 is 29.5 Å². The Kier molecular flexibility index (Phi) is 13.7. The highest BCUT2D eigenvalue weighted by Gasteiger charge is 2.46. The van der Waals surface area contributed by atoms with Gasteiger partial charge in [-0.05, 0) is 84.1 Å². The number of imide groups is 1. The molecule has 6 rings (SSSR count). The van der Waals surface area contributed by atoms with Crippen molar-refractivity contribution in [2.24, 2.45) is 0 Å². The summed E-state index contributed by atoms with van der Waals surface area (Å²) in [6, 6.07) is 14.1. The van der Waals surface area contributed by atoms with E-state index in [0.29, 0.717) is 37.9 Å². The molecule has 4 aliphatic heterocycles. The fraction of sp³-hybridized carbons (Fsp3) is 0.525. The fourth-order valence-corrected chi connectivity index (χ4v) is 6.76. The Balaban J connectivity index is 0.000000303. The van der Waals surface area contributed by atoms with Crippen LogP contribution in [0.4, 0.5) is 0 Å². The van der Waals surface area contributed by atoms with Crippen LogP contribution in [0.1, 0.15) is 134 Å². The van der Waals surface area contributed by atoms with Crippen LogP contribution < -0.4 is 0 Å². The lowest BCUT2D eigenvalue weighted by atomic mass is 9.94. The molecule has 0 aromatic heterocycles. The average Bonchev–Trinajstić information content (AvgIpc) is 3.55. The summed E-state index contributed by atoms with van der Waals surface area (Å²) in [6.45, 7) is 24.5. The molecular formula is C40H58N4O5. The summed E-state index contributed by atoms with van der Waals surface area (Å²) >= 11 is 0. The SMILES string of the molecule is C.C=C1CCC(N2Cc3ccccc3C2=O)C(=O)N1C(C)(C)C.CC.CC.CC(C)(C)N1C(=O)CCC(N2Cc3ccccc3C2=O)C1=O. The second-order valence-corrected chi connectivity index (χ2v) is 13.9. The summed E-state index contributed by atoms with van der Waals surface area (Å²) in [6.07, 6.45) is 2.11. The number of hydrogen-bond donors (Lipinski definition) is 0. The van der Waals surface area contributed by atoms with Crippen LogP contribution in [0.2, 0.25) is 0 Å². The number of nitrogens with zero attached hydrogens (tertiary/aromatic N) is 4. The molecule has 4 aliphatic rings. The maximum Gasteiger partial charge on any atom is 0.255 e. The molecule has 2 saturated heterocycles. The van der Waals surface area contributed by atoms with E-state index < -0.39 is 11.6 Å². The van der Waals surface area contributed by atoms with Crippen molar-refractivity contribution in [3.05, 3.63) is 83.1 Å². The third kappa shape index (κ3) is 8.31. The molecule has 0 radical (unpaired) electrons. The zero-order valence-corrected chi connectivity index (χ0v) is 30.6. The minimum absolute atomic E-state index is 0. The molecule has 268 valence electrons. The van der Waals surface area contributed by atoms with E-state index in [2.05, 4.69) is 6.58 Å². The van der Waals surface area contributed by atoms with Gasteiger partial charge in [0.25, 0.3) is 17.7 Å². The van der Waals surface area contributed by atoms with E-state index in [0.717, 1.165) is 28.8 Å². The molecule has 2 atom stereocenters. The van der Waals surface area contributed by atoms with Gasteiger partial charge in [-0.25, -0.2) is 0 Å². The van der Waals surface area contributed by atoms with Gasteiger partial charge >= 0.3 is 0 Å². The molecule has 0 bridgehead atoms. The maximum absolute atomic E-state index is 12.9. The number of amides is 5. The minimum atomic E-state index is -0.567. The second-order valence-electron chi connectivity index (χ2n) is 13.9. The van der Waals surface area contributed by atoms with Gasteiger partial charge < -0.3 is 14.7 Å². The molecule has 0 aliphatic carbocycles. The van der Waals surface area contributed by atoms with Crippen molar-refractivity contribution in [3.63, 3.8) is 0 Å². The summed E-state index contributed by atoms with van der Waals surface area (Å²) in [5.74, 6) is -0.569. The highest BCUT2D eigenvalue weighted by Crippen LogP contribution is 2.35. The number of benzene rings is 2. The predicted molar refractivity (Wildman–Crippen MR) is 195 cm³/mol. The Bertz CT molecular complexity index is 1430. The van der Waals surface area contributed by atoms with Crippen LogP contribution in [0.3, 0.4) is 0 Å². The minimum Gasteiger partial charge on any atom is -0.322 e. The van der Waals surface area contributed by atoms with Crippen LogP contribution in [0.25, 0.3) is 0 Å². The number of piperidine rings is 2. The zero-order valence-electron chi connectivity index (χ0n) is 30.6. The van der Waals surface area contributed by atoms with Crippen LogP contribution in [0.15, 0.2) is 60.8 Å². The third-order valence-corrected chi connectivity index (χ3v) is 8.71. The molecule has 0 N–H and O–H groups in total. The fourth-order valence-electron chi connectivity index (χ4n) is 6.76. The molecule has 2 aromatic rings. The Labute approximate surface area is 294 Å². The molecule has 2 aromatic carbocycles. The number of carbonyl (C=O) groups excluding carboxylic acids is 5. The average molecular weight is 675 g/mol. The van der Waals surface area contributed by atoms with Crippen molar-refractivity contribution in [1.82, 2.24) is 19.6 Å². The highest BCUT2D eigenvalue weighted by atomic mass is 16.2. The van der Waals surface area contributed by atoms with Gasteiger partial charge in [0.2, 0.25) is 11.8 Å². The van der Waals surface area contributed by atoms with Crippen molar-refractivity contribution < 1.29 is 24.0 Å². The number of likely N-dealkylation sites (tertiary alicyclic amines) is 2. The van der Waals surface area contributed by atoms with Gasteiger partial charge in [-0.15, -0.1) is 0 Å². The molecular weight excluding hydrogens is 616 g/mol. The Hall–Kier alpha value is -4.27. The number of rotatable bonds is 2.